The van der Waals surface area contributed by atoms with Gasteiger partial charge in [-0.15, -0.1) is 11.3 Å². The number of likely N-dealkylation sites (N-methyl/N-ethyl adjacent to an activating group) is 1. The number of rotatable bonds is 4. The number of anilines is 1. The molecule has 4 aromatic rings. The van der Waals surface area contributed by atoms with Crippen molar-refractivity contribution in [2.45, 2.75) is 6.42 Å². The molecule has 1 aromatic carbocycles. The Morgan fingerprint density at radius 3 is 2.92 bits per heavy atom. The largest absolute Gasteiger partial charge is 0.353 e. The van der Waals surface area contributed by atoms with Crippen molar-refractivity contribution >= 4 is 55.4 Å². The fourth-order valence-electron chi connectivity index (χ4n) is 5.05. The highest BCUT2D eigenvalue weighted by atomic mass is 32.1. The first-order valence-electron chi connectivity index (χ1n) is 12.5. The van der Waals surface area contributed by atoms with Crippen LogP contribution in [0.2, 0.25) is 0 Å². The third kappa shape index (κ3) is 4.30. The van der Waals surface area contributed by atoms with Crippen molar-refractivity contribution in [2.75, 3.05) is 51.2 Å². The number of amides is 1. The Kier molecular flexibility index (Phi) is 6.21. The van der Waals surface area contributed by atoms with Crippen LogP contribution in [0, 0.1) is 11.7 Å². The third-order valence-electron chi connectivity index (χ3n) is 7.04. The van der Waals surface area contributed by atoms with E-state index in [1.165, 1.54) is 17.4 Å². The van der Waals surface area contributed by atoms with Crippen molar-refractivity contribution in [2.24, 2.45) is 10.9 Å². The fraction of sp³-hybridized carbons (Fsp3) is 0.333. The van der Waals surface area contributed by atoms with Crippen LogP contribution in [-0.2, 0) is 0 Å². The smallest absolute Gasteiger partial charge is 0.258 e. The second kappa shape index (κ2) is 9.68. The van der Waals surface area contributed by atoms with Crippen LogP contribution in [0.1, 0.15) is 16.8 Å². The number of hydrogen-bond donors (Lipinski definition) is 1. The highest BCUT2D eigenvalue weighted by molar-refractivity contribution is 7.24. The molecule has 190 valence electrons. The quantitative estimate of drug-likeness (QED) is 0.448. The van der Waals surface area contributed by atoms with E-state index in [1.807, 2.05) is 45.7 Å². The summed E-state index contributed by atoms with van der Waals surface area (Å²) in [6.07, 6.45) is 6.46. The van der Waals surface area contributed by atoms with Gasteiger partial charge in [0, 0.05) is 44.9 Å². The second-order valence-electron chi connectivity index (χ2n) is 9.59. The molecule has 37 heavy (non-hydrogen) atoms. The number of fused-ring (bicyclic) bond motifs is 5. The number of thiazole rings is 1. The monoisotopic (exact) mass is 518 g/mol. The summed E-state index contributed by atoms with van der Waals surface area (Å²) in [5.41, 5.74) is 0.700. The number of para-hydroxylation sites is 1. The summed E-state index contributed by atoms with van der Waals surface area (Å²) in [5, 5.41) is 3.00. The van der Waals surface area contributed by atoms with E-state index in [2.05, 4.69) is 22.3 Å². The molecule has 8 nitrogen and oxygen atoms in total. The molecule has 0 saturated carbocycles. The van der Waals surface area contributed by atoms with Crippen molar-refractivity contribution in [1.29, 1.82) is 0 Å². The van der Waals surface area contributed by atoms with Gasteiger partial charge in [-0.3, -0.25) is 19.0 Å². The van der Waals surface area contributed by atoms with Crippen molar-refractivity contribution in [3.8, 4) is 0 Å². The number of aromatic nitrogens is 2. The Bertz CT molecular complexity index is 1640. The lowest BCUT2D eigenvalue weighted by Gasteiger charge is -2.22. The van der Waals surface area contributed by atoms with E-state index in [4.69, 9.17) is 4.98 Å². The molecule has 5 heterocycles. The first-order valence-corrected chi connectivity index (χ1v) is 13.3. The maximum atomic E-state index is 15.5. The highest BCUT2D eigenvalue weighted by Gasteiger charge is 2.26. The molecule has 10 heteroatoms. The van der Waals surface area contributed by atoms with Crippen LogP contribution in [0.3, 0.4) is 0 Å². The van der Waals surface area contributed by atoms with Crippen molar-refractivity contribution in [3.63, 3.8) is 0 Å². The number of dihydropyridines is 1. The minimum Gasteiger partial charge on any atom is -0.353 e. The molecule has 3 aromatic heterocycles. The molecule has 0 radical (unpaired) electrons. The lowest BCUT2D eigenvalue weighted by Crippen LogP contribution is -2.34. The molecule has 0 bridgehead atoms. The molecular weight excluding hydrogens is 491 g/mol. The Morgan fingerprint density at radius 1 is 1.22 bits per heavy atom. The number of halogens is 1. The van der Waals surface area contributed by atoms with E-state index in [9.17, 15) is 9.59 Å². The van der Waals surface area contributed by atoms with Gasteiger partial charge in [-0.1, -0.05) is 18.2 Å². The fourth-order valence-corrected chi connectivity index (χ4v) is 6.23. The number of hydrogen-bond acceptors (Lipinski definition) is 7. The minimum absolute atomic E-state index is 0.0161. The number of pyridine rings is 2. The van der Waals surface area contributed by atoms with Gasteiger partial charge in [0.05, 0.1) is 15.6 Å². The van der Waals surface area contributed by atoms with Gasteiger partial charge >= 0.3 is 0 Å². The van der Waals surface area contributed by atoms with Crippen LogP contribution in [0.15, 0.2) is 52.3 Å². The molecule has 6 rings (SSSR count). The van der Waals surface area contributed by atoms with Gasteiger partial charge < -0.3 is 15.1 Å². The van der Waals surface area contributed by atoms with Gasteiger partial charge in [-0.05, 0) is 44.3 Å². The van der Waals surface area contributed by atoms with Crippen LogP contribution in [0.4, 0.5) is 10.2 Å². The standard InChI is InChI=1S/C27H27FN6O2S/c1-32-10-5-11-33(13-12-32)25-19(28)14-18-23(35)22(26(36)30-16-17-6-4-9-29-15-17)27-34(24(18)31-25)20-7-2-3-8-21(20)37-27/h2-4,6-9,14,17H,5,10-13,15-16H2,1H3,(H,30,36). The zero-order chi connectivity index (χ0) is 25.5. The lowest BCUT2D eigenvalue weighted by atomic mass is 10.1. The molecule has 2 aliphatic rings. The molecule has 1 fully saturated rings. The molecule has 1 saturated heterocycles. The van der Waals surface area contributed by atoms with Crippen LogP contribution in [0.5, 0.6) is 0 Å². The average Bonchev–Trinajstić information content (AvgIpc) is 3.15. The normalized spacial score (nSPS) is 18.6. The topological polar surface area (TPSA) is 82.3 Å². The van der Waals surface area contributed by atoms with Crippen LogP contribution >= 0.6 is 11.3 Å². The summed E-state index contributed by atoms with van der Waals surface area (Å²) in [4.78, 5) is 40.8. The second-order valence-corrected chi connectivity index (χ2v) is 10.6. The molecule has 1 atom stereocenters. The first kappa shape index (κ1) is 23.7. The van der Waals surface area contributed by atoms with Gasteiger partial charge in [0.15, 0.2) is 17.3 Å². The Hall–Kier alpha value is -3.63. The number of nitrogens with zero attached hydrogens (tertiary/aromatic N) is 5. The van der Waals surface area contributed by atoms with Gasteiger partial charge in [-0.25, -0.2) is 9.37 Å². The SMILES string of the molecule is CN1CCCN(c2nc3c(cc2F)c(=O)c(C(=O)NCC2C=CC=NC2)c2sc4ccccc4n23)CC1. The molecule has 0 spiro atoms. The van der Waals surface area contributed by atoms with Gasteiger partial charge in [0.1, 0.15) is 10.4 Å². The predicted molar refractivity (Wildman–Crippen MR) is 147 cm³/mol. The summed E-state index contributed by atoms with van der Waals surface area (Å²) in [6, 6.07) is 8.96. The number of allylic oxidation sites excluding steroid dienone is 1. The maximum absolute atomic E-state index is 15.5. The average molecular weight is 519 g/mol. The predicted octanol–water partition coefficient (Wildman–Crippen LogP) is 3.33. The van der Waals surface area contributed by atoms with Crippen LogP contribution in [-0.4, -0.2) is 72.7 Å². The lowest BCUT2D eigenvalue weighted by molar-refractivity contribution is 0.0950. The molecule has 0 aliphatic carbocycles. The summed E-state index contributed by atoms with van der Waals surface area (Å²) in [6.45, 7) is 4.01. The summed E-state index contributed by atoms with van der Waals surface area (Å²) < 4.78 is 18.2. The number of carbonyl (C=O) groups is 1. The maximum Gasteiger partial charge on any atom is 0.258 e. The number of benzene rings is 1. The zero-order valence-corrected chi connectivity index (χ0v) is 21.3. The third-order valence-corrected chi connectivity index (χ3v) is 8.18. The van der Waals surface area contributed by atoms with E-state index in [0.29, 0.717) is 36.7 Å². The molecule has 1 amide bonds. The van der Waals surface area contributed by atoms with Crippen molar-refractivity contribution in [1.82, 2.24) is 19.6 Å². The zero-order valence-electron chi connectivity index (χ0n) is 20.5. The van der Waals surface area contributed by atoms with Gasteiger partial charge in [0.25, 0.3) is 5.91 Å². The van der Waals surface area contributed by atoms with Gasteiger partial charge in [-0.2, -0.15) is 0 Å². The number of aliphatic imine (C=N–C) groups is 1. The Morgan fingerprint density at radius 2 is 2.08 bits per heavy atom. The Labute approximate surface area is 216 Å². The van der Waals surface area contributed by atoms with E-state index < -0.39 is 17.2 Å². The van der Waals surface area contributed by atoms with E-state index >= 15 is 4.39 Å². The summed E-state index contributed by atoms with van der Waals surface area (Å²) >= 11 is 1.37. The Balaban J connectivity index is 1.52. The molecule has 1 unspecified atom stereocenters. The number of carbonyl (C=O) groups excluding carboxylic acids is 1. The molecule has 1 N–H and O–H groups in total. The molecule has 2 aliphatic heterocycles. The summed E-state index contributed by atoms with van der Waals surface area (Å²) in [5.74, 6) is -0.721. The first-order chi connectivity index (χ1) is 18.0. The van der Waals surface area contributed by atoms with Crippen molar-refractivity contribution < 1.29 is 9.18 Å². The summed E-state index contributed by atoms with van der Waals surface area (Å²) in [7, 11) is 2.05. The van der Waals surface area contributed by atoms with Crippen molar-refractivity contribution in [3.05, 3.63) is 64.1 Å². The number of nitrogens with one attached hydrogen (secondary N) is 1. The minimum atomic E-state index is -0.551. The van der Waals surface area contributed by atoms with Crippen LogP contribution in [0.25, 0.3) is 26.1 Å². The molecular formula is C27H27FN6O2S. The van der Waals surface area contributed by atoms with E-state index in [1.54, 1.807) is 6.21 Å². The van der Waals surface area contributed by atoms with Gasteiger partial charge in [0.2, 0.25) is 5.43 Å². The van der Waals surface area contributed by atoms with E-state index in [0.717, 1.165) is 29.7 Å². The highest BCUT2D eigenvalue weighted by Crippen LogP contribution is 2.32. The van der Waals surface area contributed by atoms with Crippen LogP contribution < -0.4 is 15.6 Å². The van der Waals surface area contributed by atoms with E-state index in [-0.39, 0.29) is 22.7 Å².